The van der Waals surface area contributed by atoms with Crippen LogP contribution in [0, 0.1) is 0 Å². The lowest BCUT2D eigenvalue weighted by Crippen LogP contribution is -2.18. The Kier molecular flexibility index (Phi) is 2.30. The van der Waals surface area contributed by atoms with E-state index in [2.05, 4.69) is 43.3 Å². The summed E-state index contributed by atoms with van der Waals surface area (Å²) in [7, 11) is 4.19. The molecule has 0 bridgehead atoms. The largest absolute Gasteiger partial charge is 0.399 e. The summed E-state index contributed by atoms with van der Waals surface area (Å²) in [5.41, 5.74) is 9.31. The molecule has 0 spiro atoms. The minimum atomic E-state index is 0.503. The van der Waals surface area contributed by atoms with E-state index in [0.29, 0.717) is 5.92 Å². The Morgan fingerprint density at radius 3 is 2.86 bits per heavy atom. The molecule has 0 saturated carbocycles. The van der Waals surface area contributed by atoms with Crippen molar-refractivity contribution >= 4 is 11.8 Å². The molecular formula is C12H16N2. The lowest BCUT2D eigenvalue weighted by Gasteiger charge is -2.16. The van der Waals surface area contributed by atoms with Gasteiger partial charge < -0.3 is 10.6 Å². The van der Waals surface area contributed by atoms with E-state index < -0.39 is 0 Å². The predicted octanol–water partition coefficient (Wildman–Crippen LogP) is 1.94. The Morgan fingerprint density at radius 2 is 2.14 bits per heavy atom. The van der Waals surface area contributed by atoms with Crippen LogP contribution in [0.2, 0.25) is 0 Å². The van der Waals surface area contributed by atoms with E-state index in [1.54, 1.807) is 0 Å². The SMILES string of the molecule is CN(C)CC1C=Cc2ccc(N)cc21. The number of hydrogen-bond donors (Lipinski definition) is 1. The first-order valence-electron chi connectivity index (χ1n) is 4.89. The zero-order valence-corrected chi connectivity index (χ0v) is 8.70. The Balaban J connectivity index is 2.28. The lowest BCUT2D eigenvalue weighted by molar-refractivity contribution is 0.397. The molecule has 0 heterocycles. The fraction of sp³-hybridized carbons (Fsp3) is 0.333. The van der Waals surface area contributed by atoms with Gasteiger partial charge in [-0.1, -0.05) is 18.2 Å². The van der Waals surface area contributed by atoms with Crippen molar-refractivity contribution in [2.75, 3.05) is 26.4 Å². The Labute approximate surface area is 85.0 Å². The molecule has 1 aromatic rings. The van der Waals surface area contributed by atoms with Crippen molar-refractivity contribution in [2.24, 2.45) is 0 Å². The van der Waals surface area contributed by atoms with Gasteiger partial charge in [0.1, 0.15) is 0 Å². The number of benzene rings is 1. The van der Waals surface area contributed by atoms with Crippen molar-refractivity contribution in [2.45, 2.75) is 5.92 Å². The fourth-order valence-corrected chi connectivity index (χ4v) is 1.94. The second kappa shape index (κ2) is 3.46. The van der Waals surface area contributed by atoms with Crippen LogP contribution in [0.5, 0.6) is 0 Å². The molecule has 2 N–H and O–H groups in total. The normalized spacial score (nSPS) is 18.9. The first-order valence-corrected chi connectivity index (χ1v) is 4.89. The third-order valence-electron chi connectivity index (χ3n) is 2.58. The zero-order valence-electron chi connectivity index (χ0n) is 8.70. The highest BCUT2D eigenvalue weighted by Gasteiger charge is 2.17. The number of likely N-dealkylation sites (N-methyl/N-ethyl adjacent to an activating group) is 1. The molecule has 2 nitrogen and oxygen atoms in total. The number of hydrogen-bond acceptors (Lipinski definition) is 2. The van der Waals surface area contributed by atoms with Gasteiger partial charge in [-0.3, -0.25) is 0 Å². The van der Waals surface area contributed by atoms with Gasteiger partial charge in [-0.05, 0) is 37.4 Å². The van der Waals surface area contributed by atoms with Crippen LogP contribution in [0.1, 0.15) is 17.0 Å². The van der Waals surface area contributed by atoms with Crippen LogP contribution in [0.4, 0.5) is 5.69 Å². The van der Waals surface area contributed by atoms with E-state index in [9.17, 15) is 0 Å². The summed E-state index contributed by atoms with van der Waals surface area (Å²) < 4.78 is 0. The van der Waals surface area contributed by atoms with Gasteiger partial charge in [-0.2, -0.15) is 0 Å². The first-order chi connectivity index (χ1) is 6.66. The number of nitrogen functional groups attached to an aromatic ring is 1. The summed E-state index contributed by atoms with van der Waals surface area (Å²) >= 11 is 0. The topological polar surface area (TPSA) is 29.3 Å². The number of nitrogens with zero attached hydrogens (tertiary/aromatic N) is 1. The summed E-state index contributed by atoms with van der Waals surface area (Å²) in [6.45, 7) is 1.05. The van der Waals surface area contributed by atoms with Crippen LogP contribution in [-0.2, 0) is 0 Å². The minimum absolute atomic E-state index is 0.503. The number of nitrogens with two attached hydrogens (primary N) is 1. The van der Waals surface area contributed by atoms with E-state index in [-0.39, 0.29) is 0 Å². The van der Waals surface area contributed by atoms with E-state index >= 15 is 0 Å². The van der Waals surface area contributed by atoms with Gasteiger partial charge >= 0.3 is 0 Å². The third kappa shape index (κ3) is 1.66. The monoisotopic (exact) mass is 188 g/mol. The van der Waals surface area contributed by atoms with E-state index in [1.807, 2.05) is 6.07 Å². The van der Waals surface area contributed by atoms with E-state index in [0.717, 1.165) is 12.2 Å². The maximum Gasteiger partial charge on any atom is 0.0317 e. The van der Waals surface area contributed by atoms with Crippen molar-refractivity contribution in [3.05, 3.63) is 35.4 Å². The van der Waals surface area contributed by atoms with Gasteiger partial charge in [0, 0.05) is 18.2 Å². The summed E-state index contributed by atoms with van der Waals surface area (Å²) in [6, 6.07) is 6.14. The standard InChI is InChI=1S/C12H16N2/c1-14(2)8-10-4-3-9-5-6-11(13)7-12(9)10/h3-7,10H,8,13H2,1-2H3. The average Bonchev–Trinajstić information content (AvgIpc) is 2.47. The predicted molar refractivity (Wildman–Crippen MR) is 61.2 cm³/mol. The minimum Gasteiger partial charge on any atom is -0.399 e. The molecule has 0 amide bonds. The zero-order chi connectivity index (χ0) is 10.1. The highest BCUT2D eigenvalue weighted by atomic mass is 15.1. The summed E-state index contributed by atoms with van der Waals surface area (Å²) in [5, 5.41) is 0. The van der Waals surface area contributed by atoms with Crippen molar-refractivity contribution in [1.82, 2.24) is 4.90 Å². The number of anilines is 1. The fourth-order valence-electron chi connectivity index (χ4n) is 1.94. The first kappa shape index (κ1) is 9.28. The van der Waals surface area contributed by atoms with Crippen LogP contribution in [0.15, 0.2) is 24.3 Å². The summed E-state index contributed by atoms with van der Waals surface area (Å²) in [6.07, 6.45) is 4.44. The Morgan fingerprint density at radius 1 is 1.36 bits per heavy atom. The molecule has 74 valence electrons. The molecule has 1 aliphatic carbocycles. The van der Waals surface area contributed by atoms with Gasteiger partial charge in [-0.15, -0.1) is 0 Å². The Hall–Kier alpha value is -1.28. The molecule has 0 aromatic heterocycles. The van der Waals surface area contributed by atoms with Gasteiger partial charge in [0.15, 0.2) is 0 Å². The molecule has 0 saturated heterocycles. The van der Waals surface area contributed by atoms with E-state index in [4.69, 9.17) is 5.73 Å². The van der Waals surface area contributed by atoms with Crippen molar-refractivity contribution < 1.29 is 0 Å². The maximum absolute atomic E-state index is 5.78. The molecule has 1 aromatic carbocycles. The molecule has 0 aliphatic heterocycles. The van der Waals surface area contributed by atoms with Gasteiger partial charge in [0.05, 0.1) is 0 Å². The van der Waals surface area contributed by atoms with E-state index in [1.165, 1.54) is 11.1 Å². The van der Waals surface area contributed by atoms with Crippen molar-refractivity contribution in [3.8, 4) is 0 Å². The molecule has 0 fully saturated rings. The molecule has 1 atom stereocenters. The smallest absolute Gasteiger partial charge is 0.0317 e. The molecule has 2 heteroatoms. The molecule has 1 unspecified atom stereocenters. The van der Waals surface area contributed by atoms with Crippen LogP contribution in [-0.4, -0.2) is 25.5 Å². The molecule has 14 heavy (non-hydrogen) atoms. The van der Waals surface area contributed by atoms with Crippen LogP contribution < -0.4 is 5.73 Å². The molecule has 1 aliphatic rings. The molecular weight excluding hydrogens is 172 g/mol. The lowest BCUT2D eigenvalue weighted by atomic mass is 10.00. The second-order valence-electron chi connectivity index (χ2n) is 4.12. The van der Waals surface area contributed by atoms with Crippen LogP contribution >= 0.6 is 0 Å². The summed E-state index contributed by atoms with van der Waals surface area (Å²) in [5.74, 6) is 0.503. The summed E-state index contributed by atoms with van der Waals surface area (Å²) in [4.78, 5) is 2.20. The van der Waals surface area contributed by atoms with Crippen molar-refractivity contribution in [1.29, 1.82) is 0 Å². The van der Waals surface area contributed by atoms with Crippen LogP contribution in [0.25, 0.3) is 6.08 Å². The quantitative estimate of drug-likeness (QED) is 0.719. The Bertz CT molecular complexity index is 367. The number of rotatable bonds is 2. The highest BCUT2D eigenvalue weighted by molar-refractivity contribution is 5.65. The third-order valence-corrected chi connectivity index (χ3v) is 2.58. The molecule has 2 rings (SSSR count). The second-order valence-corrected chi connectivity index (χ2v) is 4.12. The maximum atomic E-state index is 5.78. The van der Waals surface area contributed by atoms with Gasteiger partial charge in [0.2, 0.25) is 0 Å². The van der Waals surface area contributed by atoms with Crippen LogP contribution in [0.3, 0.4) is 0 Å². The molecule has 0 radical (unpaired) electrons. The highest BCUT2D eigenvalue weighted by Crippen LogP contribution is 2.31. The van der Waals surface area contributed by atoms with Gasteiger partial charge in [0.25, 0.3) is 0 Å². The average molecular weight is 188 g/mol. The van der Waals surface area contributed by atoms with Crippen molar-refractivity contribution in [3.63, 3.8) is 0 Å². The van der Waals surface area contributed by atoms with Gasteiger partial charge in [-0.25, -0.2) is 0 Å². The number of fused-ring (bicyclic) bond motifs is 1.